The van der Waals surface area contributed by atoms with Crippen molar-refractivity contribution >= 4 is 29.2 Å². The first-order valence-electron chi connectivity index (χ1n) is 8.58. The highest BCUT2D eigenvalue weighted by Gasteiger charge is 2.08. The number of hydrogen-bond acceptors (Lipinski definition) is 4. The summed E-state index contributed by atoms with van der Waals surface area (Å²) in [6.07, 6.45) is 5.99. The number of carbonyl (C=O) groups is 1. The van der Waals surface area contributed by atoms with Gasteiger partial charge in [-0.15, -0.1) is 0 Å². The Bertz CT molecular complexity index is 768. The van der Waals surface area contributed by atoms with Gasteiger partial charge in [-0.05, 0) is 61.7 Å². The highest BCUT2D eigenvalue weighted by molar-refractivity contribution is 6.04. The van der Waals surface area contributed by atoms with Crippen LogP contribution in [0.15, 0.2) is 36.5 Å². The average Bonchev–Trinajstić information content (AvgIpc) is 2.61. The van der Waals surface area contributed by atoms with Crippen molar-refractivity contribution in [2.75, 3.05) is 29.5 Å². The van der Waals surface area contributed by atoms with E-state index in [2.05, 4.69) is 40.8 Å². The molecule has 0 atom stereocenters. The Morgan fingerprint density at radius 2 is 2.04 bits per heavy atom. The molecular weight excluding hydrogens is 312 g/mol. The molecule has 5 heteroatoms. The van der Waals surface area contributed by atoms with Gasteiger partial charge in [-0.1, -0.05) is 6.92 Å². The summed E-state index contributed by atoms with van der Waals surface area (Å²) in [6, 6.07) is 7.86. The van der Waals surface area contributed by atoms with E-state index in [-0.39, 0.29) is 5.91 Å². The lowest BCUT2D eigenvalue weighted by molar-refractivity contribution is -0.111. The van der Waals surface area contributed by atoms with Crippen molar-refractivity contribution in [2.45, 2.75) is 27.2 Å². The molecule has 0 saturated heterocycles. The quantitative estimate of drug-likeness (QED) is 0.666. The second kappa shape index (κ2) is 8.87. The highest BCUT2D eigenvalue weighted by atomic mass is 16.1. The lowest BCUT2D eigenvalue weighted by Gasteiger charge is -2.14. The molecule has 2 rings (SSSR count). The average molecular weight is 338 g/mol. The number of anilines is 3. The molecular formula is C20H26N4O. The van der Waals surface area contributed by atoms with E-state index < -0.39 is 0 Å². The van der Waals surface area contributed by atoms with Gasteiger partial charge in [-0.2, -0.15) is 0 Å². The molecule has 1 amide bonds. The van der Waals surface area contributed by atoms with Crippen molar-refractivity contribution < 1.29 is 4.79 Å². The van der Waals surface area contributed by atoms with E-state index in [9.17, 15) is 4.79 Å². The summed E-state index contributed by atoms with van der Waals surface area (Å²) in [6.45, 7) is 6.97. The zero-order valence-electron chi connectivity index (χ0n) is 15.3. The monoisotopic (exact) mass is 338 g/mol. The van der Waals surface area contributed by atoms with Gasteiger partial charge in [0.05, 0.1) is 11.4 Å². The van der Waals surface area contributed by atoms with Crippen LogP contribution in [0.4, 0.5) is 17.2 Å². The number of nitrogens with zero attached hydrogens (tertiary/aromatic N) is 1. The van der Waals surface area contributed by atoms with E-state index in [4.69, 9.17) is 0 Å². The molecule has 1 heterocycles. The number of aromatic nitrogens is 1. The number of hydrogen-bond donors (Lipinski definition) is 3. The lowest BCUT2D eigenvalue weighted by atomic mass is 10.0. The Balaban J connectivity index is 2.17. The molecule has 1 aromatic carbocycles. The maximum absolute atomic E-state index is 12.3. The molecule has 0 spiro atoms. The van der Waals surface area contributed by atoms with Crippen molar-refractivity contribution in [3.63, 3.8) is 0 Å². The second-order valence-corrected chi connectivity index (χ2v) is 5.72. The summed E-state index contributed by atoms with van der Waals surface area (Å²) in [5, 5.41) is 9.27. The van der Waals surface area contributed by atoms with E-state index in [0.29, 0.717) is 0 Å². The Morgan fingerprint density at radius 3 is 2.72 bits per heavy atom. The third kappa shape index (κ3) is 4.83. The minimum Gasteiger partial charge on any atom is -0.386 e. The zero-order chi connectivity index (χ0) is 18.2. The van der Waals surface area contributed by atoms with Crippen LogP contribution in [0.25, 0.3) is 6.08 Å². The Hall–Kier alpha value is -2.82. The first-order chi connectivity index (χ1) is 12.1. The molecule has 0 aliphatic heterocycles. The summed E-state index contributed by atoms with van der Waals surface area (Å²) in [5.74, 6) is 0.597. The maximum atomic E-state index is 12.3. The van der Waals surface area contributed by atoms with Gasteiger partial charge in [0.1, 0.15) is 5.82 Å². The Kier molecular flexibility index (Phi) is 6.57. The molecule has 5 nitrogen and oxygen atoms in total. The fourth-order valence-electron chi connectivity index (χ4n) is 2.65. The summed E-state index contributed by atoms with van der Waals surface area (Å²) < 4.78 is 0. The van der Waals surface area contributed by atoms with Gasteiger partial charge in [-0.3, -0.25) is 4.79 Å². The zero-order valence-corrected chi connectivity index (χ0v) is 15.3. The molecule has 0 radical (unpaired) electrons. The van der Waals surface area contributed by atoms with Gasteiger partial charge in [0, 0.05) is 31.4 Å². The number of carbonyl (C=O) groups excluding carboxylic acids is 1. The number of amides is 1. The van der Waals surface area contributed by atoms with E-state index in [1.54, 1.807) is 12.3 Å². The molecule has 1 aromatic heterocycles. The predicted octanol–water partition coefficient (Wildman–Crippen LogP) is 4.08. The van der Waals surface area contributed by atoms with Gasteiger partial charge in [-0.25, -0.2) is 4.98 Å². The molecule has 0 fully saturated rings. The van der Waals surface area contributed by atoms with Crippen LogP contribution >= 0.6 is 0 Å². The predicted molar refractivity (Wildman–Crippen MR) is 106 cm³/mol. The van der Waals surface area contributed by atoms with Crippen LogP contribution in [-0.2, 0) is 11.2 Å². The molecule has 132 valence electrons. The lowest BCUT2D eigenvalue weighted by Crippen LogP contribution is -2.10. The van der Waals surface area contributed by atoms with Crippen molar-refractivity contribution in [1.29, 1.82) is 0 Å². The minimum absolute atomic E-state index is 0.175. The molecule has 0 aliphatic carbocycles. The highest BCUT2D eigenvalue weighted by Crippen LogP contribution is 2.26. The van der Waals surface area contributed by atoms with Crippen molar-refractivity contribution in [2.24, 2.45) is 0 Å². The summed E-state index contributed by atoms with van der Waals surface area (Å²) in [7, 11) is 1.86. The van der Waals surface area contributed by atoms with Crippen LogP contribution < -0.4 is 16.0 Å². The minimum atomic E-state index is -0.175. The van der Waals surface area contributed by atoms with Crippen LogP contribution in [0, 0.1) is 6.92 Å². The van der Waals surface area contributed by atoms with E-state index in [1.165, 1.54) is 17.2 Å². The van der Waals surface area contributed by atoms with E-state index in [1.807, 2.05) is 32.2 Å². The maximum Gasteiger partial charge on any atom is 0.248 e. The van der Waals surface area contributed by atoms with Gasteiger partial charge < -0.3 is 16.0 Å². The Morgan fingerprint density at radius 1 is 1.24 bits per heavy atom. The number of nitrogens with one attached hydrogen (secondary N) is 3. The SMILES string of the molecule is CCNc1ncccc1/C=C/C(=O)Nc1cc(C)c(CC)cc1NC. The molecule has 0 saturated carbocycles. The largest absolute Gasteiger partial charge is 0.386 e. The van der Waals surface area contributed by atoms with Crippen LogP contribution in [0.2, 0.25) is 0 Å². The fraction of sp³-hybridized carbons (Fsp3) is 0.300. The first kappa shape index (κ1) is 18.5. The smallest absolute Gasteiger partial charge is 0.248 e. The van der Waals surface area contributed by atoms with Crippen LogP contribution in [0.3, 0.4) is 0 Å². The summed E-state index contributed by atoms with van der Waals surface area (Å²) in [4.78, 5) is 16.6. The fourth-order valence-corrected chi connectivity index (χ4v) is 2.65. The molecule has 0 aliphatic rings. The second-order valence-electron chi connectivity index (χ2n) is 5.72. The van der Waals surface area contributed by atoms with Crippen molar-refractivity contribution in [1.82, 2.24) is 4.98 Å². The Labute approximate surface area is 149 Å². The molecule has 0 unspecified atom stereocenters. The summed E-state index contributed by atoms with van der Waals surface area (Å²) >= 11 is 0. The molecule has 25 heavy (non-hydrogen) atoms. The van der Waals surface area contributed by atoms with Crippen LogP contribution in [0.1, 0.15) is 30.5 Å². The molecule has 2 aromatic rings. The number of pyridine rings is 1. The van der Waals surface area contributed by atoms with Crippen LogP contribution in [-0.4, -0.2) is 24.5 Å². The van der Waals surface area contributed by atoms with Gasteiger partial charge in [0.2, 0.25) is 5.91 Å². The number of benzene rings is 1. The van der Waals surface area contributed by atoms with Gasteiger partial charge in [0.15, 0.2) is 0 Å². The number of rotatable bonds is 7. The molecule has 0 bridgehead atoms. The van der Waals surface area contributed by atoms with E-state index >= 15 is 0 Å². The van der Waals surface area contributed by atoms with Crippen molar-refractivity contribution in [3.8, 4) is 0 Å². The first-order valence-corrected chi connectivity index (χ1v) is 8.58. The normalized spacial score (nSPS) is 10.7. The third-order valence-corrected chi connectivity index (χ3v) is 3.98. The van der Waals surface area contributed by atoms with Crippen LogP contribution in [0.5, 0.6) is 0 Å². The number of aryl methyl sites for hydroxylation is 2. The molecule has 3 N–H and O–H groups in total. The standard InChI is InChI=1S/C20H26N4O/c1-5-15-13-17(21-4)18(12-14(15)3)24-19(25)10-9-16-8-7-11-23-20(16)22-6-2/h7-13,21H,5-6H2,1-4H3,(H,22,23)(H,24,25)/b10-9+. The third-order valence-electron chi connectivity index (χ3n) is 3.98. The van der Waals surface area contributed by atoms with Gasteiger partial charge >= 0.3 is 0 Å². The topological polar surface area (TPSA) is 66.0 Å². The van der Waals surface area contributed by atoms with Gasteiger partial charge in [0.25, 0.3) is 0 Å². The van der Waals surface area contributed by atoms with E-state index in [0.717, 1.165) is 35.7 Å². The summed E-state index contributed by atoms with van der Waals surface area (Å²) in [5.41, 5.74) is 5.01. The van der Waals surface area contributed by atoms with Crippen molar-refractivity contribution in [3.05, 3.63) is 53.2 Å².